The van der Waals surface area contributed by atoms with E-state index in [2.05, 4.69) is 0 Å². The first kappa shape index (κ1) is 15.6. The molecule has 2 N–H and O–H groups in total. The molecule has 22 heavy (non-hydrogen) atoms. The van der Waals surface area contributed by atoms with E-state index >= 15 is 0 Å². The molecule has 0 radical (unpaired) electrons. The number of phenols is 1. The van der Waals surface area contributed by atoms with Crippen LogP contribution in [-0.4, -0.2) is 22.2 Å². The minimum absolute atomic E-state index is 0.0808. The first-order valence-electron chi connectivity index (χ1n) is 6.90. The average molecular weight is 300 g/mol. The fourth-order valence-corrected chi connectivity index (χ4v) is 2.12. The van der Waals surface area contributed by atoms with Gasteiger partial charge in [0.15, 0.2) is 5.75 Å². The largest absolute Gasteiger partial charge is 0.508 e. The Kier molecular flexibility index (Phi) is 4.78. The molecule has 0 amide bonds. The zero-order valence-electron chi connectivity index (χ0n) is 12.1. The summed E-state index contributed by atoms with van der Waals surface area (Å²) >= 11 is 0. The van der Waals surface area contributed by atoms with Gasteiger partial charge in [-0.05, 0) is 30.7 Å². The van der Waals surface area contributed by atoms with Gasteiger partial charge in [-0.15, -0.1) is 0 Å². The number of carboxylic acid groups (broad SMARTS) is 1. The van der Waals surface area contributed by atoms with Crippen molar-refractivity contribution in [2.24, 2.45) is 0 Å². The number of carboxylic acids is 1. The summed E-state index contributed by atoms with van der Waals surface area (Å²) in [6.45, 7) is 1.88. The molecule has 0 fully saturated rings. The molecule has 0 aromatic heterocycles. The fraction of sp³-hybridized carbons (Fsp3) is 0.176. The van der Waals surface area contributed by atoms with Gasteiger partial charge in [0.2, 0.25) is 0 Å². The number of carbonyl (C=O) groups excluding carboxylic acids is 1. The summed E-state index contributed by atoms with van der Waals surface area (Å²) < 4.78 is 5.28. The number of aromatic hydroxyl groups is 1. The number of benzene rings is 2. The van der Waals surface area contributed by atoms with E-state index in [9.17, 15) is 19.8 Å². The van der Waals surface area contributed by atoms with E-state index in [1.54, 1.807) is 30.3 Å². The SMILES string of the molecule is CCCc1c(O)ccc(C(=O)O)c1OC(=O)c1ccccc1. The molecule has 0 aliphatic carbocycles. The van der Waals surface area contributed by atoms with Crippen molar-refractivity contribution in [3.63, 3.8) is 0 Å². The molecule has 0 aliphatic heterocycles. The van der Waals surface area contributed by atoms with Crippen LogP contribution in [0, 0.1) is 0 Å². The lowest BCUT2D eigenvalue weighted by molar-refractivity contribution is 0.0680. The van der Waals surface area contributed by atoms with Gasteiger partial charge in [-0.2, -0.15) is 0 Å². The maximum atomic E-state index is 12.2. The van der Waals surface area contributed by atoms with E-state index in [-0.39, 0.29) is 17.1 Å². The van der Waals surface area contributed by atoms with E-state index in [0.717, 1.165) is 0 Å². The maximum absolute atomic E-state index is 12.2. The molecular weight excluding hydrogens is 284 g/mol. The lowest BCUT2D eigenvalue weighted by Gasteiger charge is -2.14. The first-order chi connectivity index (χ1) is 10.5. The third kappa shape index (κ3) is 3.25. The highest BCUT2D eigenvalue weighted by atomic mass is 16.5. The highest BCUT2D eigenvalue weighted by molar-refractivity contribution is 5.96. The summed E-state index contributed by atoms with van der Waals surface area (Å²) in [5.41, 5.74) is 0.488. The average Bonchev–Trinajstić information content (AvgIpc) is 2.51. The van der Waals surface area contributed by atoms with Gasteiger partial charge in [0.25, 0.3) is 0 Å². The van der Waals surface area contributed by atoms with Crippen LogP contribution in [0.25, 0.3) is 0 Å². The maximum Gasteiger partial charge on any atom is 0.343 e. The van der Waals surface area contributed by atoms with Crippen molar-refractivity contribution in [1.29, 1.82) is 0 Å². The van der Waals surface area contributed by atoms with E-state index in [0.29, 0.717) is 24.0 Å². The molecule has 114 valence electrons. The van der Waals surface area contributed by atoms with Crippen LogP contribution in [0.15, 0.2) is 42.5 Å². The van der Waals surface area contributed by atoms with Crippen LogP contribution in [0.1, 0.15) is 39.6 Å². The quantitative estimate of drug-likeness (QED) is 0.654. The highest BCUT2D eigenvalue weighted by Gasteiger charge is 2.21. The molecule has 5 heteroatoms. The monoisotopic (exact) mass is 300 g/mol. The third-order valence-corrected chi connectivity index (χ3v) is 3.17. The van der Waals surface area contributed by atoms with Crippen molar-refractivity contribution in [2.75, 3.05) is 0 Å². The third-order valence-electron chi connectivity index (χ3n) is 3.17. The van der Waals surface area contributed by atoms with E-state index in [1.807, 2.05) is 6.92 Å². The molecule has 0 aliphatic rings. The number of rotatable bonds is 5. The van der Waals surface area contributed by atoms with Crippen LogP contribution >= 0.6 is 0 Å². The minimum Gasteiger partial charge on any atom is -0.508 e. The Bertz CT molecular complexity index is 692. The van der Waals surface area contributed by atoms with E-state index < -0.39 is 11.9 Å². The lowest BCUT2D eigenvalue weighted by atomic mass is 10.0. The number of carbonyl (C=O) groups is 2. The molecule has 0 spiro atoms. The van der Waals surface area contributed by atoms with Crippen molar-refractivity contribution in [3.05, 3.63) is 59.2 Å². The molecule has 2 aromatic rings. The van der Waals surface area contributed by atoms with Gasteiger partial charge in [0.1, 0.15) is 11.3 Å². The summed E-state index contributed by atoms with van der Waals surface area (Å²) in [5.74, 6) is -2.05. The molecule has 0 saturated heterocycles. The van der Waals surface area contributed by atoms with Crippen molar-refractivity contribution in [3.8, 4) is 11.5 Å². The van der Waals surface area contributed by atoms with Gasteiger partial charge < -0.3 is 14.9 Å². The summed E-state index contributed by atoms with van der Waals surface area (Å²) in [6.07, 6.45) is 1.08. The number of hydrogen-bond donors (Lipinski definition) is 2. The van der Waals surface area contributed by atoms with Crippen molar-refractivity contribution < 1.29 is 24.5 Å². The zero-order valence-corrected chi connectivity index (χ0v) is 12.1. The number of ether oxygens (including phenoxy) is 1. The Labute approximate surface area is 127 Å². The fourth-order valence-electron chi connectivity index (χ4n) is 2.12. The standard InChI is InChI=1S/C17H16O5/c1-2-6-12-14(18)10-9-13(16(19)20)15(12)22-17(21)11-7-4-3-5-8-11/h3-5,7-10,18H,2,6H2,1H3,(H,19,20). The zero-order chi connectivity index (χ0) is 16.1. The number of hydrogen-bond acceptors (Lipinski definition) is 4. The predicted octanol–water partition coefficient (Wildman–Crippen LogP) is 3.26. The van der Waals surface area contributed by atoms with Gasteiger partial charge >= 0.3 is 11.9 Å². The molecule has 5 nitrogen and oxygen atoms in total. The second kappa shape index (κ2) is 6.76. The highest BCUT2D eigenvalue weighted by Crippen LogP contribution is 2.33. The van der Waals surface area contributed by atoms with E-state index in [1.165, 1.54) is 12.1 Å². The Balaban J connectivity index is 2.45. The van der Waals surface area contributed by atoms with Gasteiger partial charge in [0.05, 0.1) is 5.56 Å². The lowest BCUT2D eigenvalue weighted by Crippen LogP contribution is -2.13. The normalized spacial score (nSPS) is 10.2. The van der Waals surface area contributed by atoms with Gasteiger partial charge in [-0.25, -0.2) is 9.59 Å². The minimum atomic E-state index is -1.21. The summed E-state index contributed by atoms with van der Waals surface area (Å²) in [7, 11) is 0. The molecular formula is C17H16O5. The Morgan fingerprint density at radius 1 is 1.09 bits per heavy atom. The summed E-state index contributed by atoms with van der Waals surface area (Å²) in [4.78, 5) is 23.5. The predicted molar refractivity (Wildman–Crippen MR) is 80.5 cm³/mol. The van der Waals surface area contributed by atoms with Crippen molar-refractivity contribution in [1.82, 2.24) is 0 Å². The summed E-state index contributed by atoms with van der Waals surface area (Å²) in [5, 5.41) is 19.2. The Hall–Kier alpha value is -2.82. The van der Waals surface area contributed by atoms with Crippen molar-refractivity contribution in [2.45, 2.75) is 19.8 Å². The molecule has 2 rings (SSSR count). The molecule has 0 heterocycles. The smallest absolute Gasteiger partial charge is 0.343 e. The van der Waals surface area contributed by atoms with Gasteiger partial charge in [-0.1, -0.05) is 31.5 Å². The van der Waals surface area contributed by atoms with Gasteiger partial charge in [-0.3, -0.25) is 0 Å². The second-order valence-electron chi connectivity index (χ2n) is 4.75. The molecule has 0 saturated carbocycles. The summed E-state index contributed by atoms with van der Waals surface area (Å²) in [6, 6.07) is 10.8. The Morgan fingerprint density at radius 2 is 1.77 bits per heavy atom. The van der Waals surface area contributed by atoms with Crippen LogP contribution < -0.4 is 4.74 Å². The molecule has 0 bridgehead atoms. The van der Waals surface area contributed by atoms with Gasteiger partial charge in [0, 0.05) is 5.56 Å². The number of phenolic OH excluding ortho intramolecular Hbond substituents is 1. The van der Waals surface area contributed by atoms with Crippen LogP contribution in [-0.2, 0) is 6.42 Å². The molecule has 0 atom stereocenters. The van der Waals surface area contributed by atoms with E-state index in [4.69, 9.17) is 4.74 Å². The second-order valence-corrected chi connectivity index (χ2v) is 4.75. The topological polar surface area (TPSA) is 83.8 Å². The molecule has 0 unspecified atom stereocenters. The molecule has 2 aromatic carbocycles. The Morgan fingerprint density at radius 3 is 2.36 bits per heavy atom. The number of esters is 1. The van der Waals surface area contributed by atoms with Crippen LogP contribution in [0.2, 0.25) is 0 Å². The number of aromatic carboxylic acids is 1. The van der Waals surface area contributed by atoms with Crippen molar-refractivity contribution >= 4 is 11.9 Å². The van der Waals surface area contributed by atoms with Crippen LogP contribution in [0.5, 0.6) is 11.5 Å². The first-order valence-corrected chi connectivity index (χ1v) is 6.90. The van der Waals surface area contributed by atoms with Crippen LogP contribution in [0.3, 0.4) is 0 Å². The van der Waals surface area contributed by atoms with Crippen LogP contribution in [0.4, 0.5) is 0 Å².